The van der Waals surface area contributed by atoms with Crippen molar-refractivity contribution in [3.8, 4) is 11.5 Å². The highest BCUT2D eigenvalue weighted by Gasteiger charge is 2.42. The molecule has 1 saturated heterocycles. The maximum Gasteiger partial charge on any atom is 0.227 e. The van der Waals surface area contributed by atoms with Crippen LogP contribution in [0.4, 0.5) is 0 Å². The molecule has 218 valence electrons. The SMILES string of the molecule is COc1cccc(C(OCC2CCCN2C(=O)Cc2ccc3ccccc3c2)(c2ccccc2)c2ccccc2)c1OC. The lowest BCUT2D eigenvalue weighted by atomic mass is 9.79. The van der Waals surface area contributed by atoms with Crippen LogP contribution in [0.1, 0.15) is 35.1 Å². The first-order chi connectivity index (χ1) is 21.1. The molecule has 0 aromatic heterocycles. The van der Waals surface area contributed by atoms with Crippen molar-refractivity contribution in [2.75, 3.05) is 27.4 Å². The fourth-order valence-electron chi connectivity index (χ4n) is 6.42. The molecular weight excluding hydrogens is 534 g/mol. The molecular formula is C38H37NO4. The monoisotopic (exact) mass is 571 g/mol. The first-order valence-electron chi connectivity index (χ1n) is 14.9. The van der Waals surface area contributed by atoms with Crippen molar-refractivity contribution in [2.24, 2.45) is 0 Å². The van der Waals surface area contributed by atoms with Crippen molar-refractivity contribution in [3.63, 3.8) is 0 Å². The third-order valence-electron chi connectivity index (χ3n) is 8.50. The van der Waals surface area contributed by atoms with Gasteiger partial charge in [-0.15, -0.1) is 0 Å². The molecule has 0 N–H and O–H groups in total. The van der Waals surface area contributed by atoms with Crippen LogP contribution in [0.5, 0.6) is 11.5 Å². The number of fused-ring (bicyclic) bond motifs is 1. The van der Waals surface area contributed by atoms with Gasteiger partial charge in [0.2, 0.25) is 5.91 Å². The Labute approximate surface area is 253 Å². The van der Waals surface area contributed by atoms with Crippen molar-refractivity contribution in [2.45, 2.75) is 30.9 Å². The fraction of sp³-hybridized carbons (Fsp3) is 0.237. The summed E-state index contributed by atoms with van der Waals surface area (Å²) in [5.74, 6) is 1.38. The average Bonchev–Trinajstić information content (AvgIpc) is 3.55. The van der Waals surface area contributed by atoms with Gasteiger partial charge in [-0.25, -0.2) is 0 Å². The number of hydrogen-bond donors (Lipinski definition) is 0. The van der Waals surface area contributed by atoms with Crippen LogP contribution >= 0.6 is 0 Å². The van der Waals surface area contributed by atoms with E-state index in [1.807, 2.05) is 71.6 Å². The molecule has 43 heavy (non-hydrogen) atoms. The zero-order chi connectivity index (χ0) is 29.6. The minimum atomic E-state index is -1.00. The van der Waals surface area contributed by atoms with Gasteiger partial charge < -0.3 is 19.1 Å². The number of ether oxygens (including phenoxy) is 3. The molecule has 0 radical (unpaired) electrons. The lowest BCUT2D eigenvalue weighted by Gasteiger charge is -2.38. The van der Waals surface area contributed by atoms with Gasteiger partial charge in [-0.05, 0) is 46.4 Å². The Bertz CT molecular complexity index is 1650. The minimum Gasteiger partial charge on any atom is -0.493 e. The largest absolute Gasteiger partial charge is 0.493 e. The first-order valence-corrected chi connectivity index (χ1v) is 14.9. The van der Waals surface area contributed by atoms with Crippen LogP contribution in [0, 0.1) is 0 Å². The Morgan fingerprint density at radius 1 is 0.767 bits per heavy atom. The number of carbonyl (C=O) groups excluding carboxylic acids is 1. The van der Waals surface area contributed by atoms with E-state index in [2.05, 4.69) is 54.6 Å². The lowest BCUT2D eigenvalue weighted by molar-refractivity contribution is -0.133. The molecule has 6 rings (SSSR count). The van der Waals surface area contributed by atoms with Crippen LogP contribution in [0.3, 0.4) is 0 Å². The van der Waals surface area contributed by atoms with E-state index in [4.69, 9.17) is 14.2 Å². The molecule has 0 spiro atoms. The van der Waals surface area contributed by atoms with Gasteiger partial charge in [0.05, 0.1) is 33.3 Å². The highest BCUT2D eigenvalue weighted by atomic mass is 16.5. The van der Waals surface area contributed by atoms with Crippen molar-refractivity contribution in [1.82, 2.24) is 4.90 Å². The summed E-state index contributed by atoms with van der Waals surface area (Å²) in [6, 6.07) is 40.9. The van der Waals surface area contributed by atoms with Gasteiger partial charge in [-0.3, -0.25) is 4.79 Å². The van der Waals surface area contributed by atoms with E-state index in [0.717, 1.165) is 47.0 Å². The Morgan fingerprint density at radius 3 is 2.12 bits per heavy atom. The van der Waals surface area contributed by atoms with Gasteiger partial charge in [0.15, 0.2) is 11.5 Å². The molecule has 1 aliphatic rings. The zero-order valence-corrected chi connectivity index (χ0v) is 24.7. The maximum atomic E-state index is 13.7. The van der Waals surface area contributed by atoms with Crippen LogP contribution in [-0.2, 0) is 21.6 Å². The number of likely N-dealkylation sites (tertiary alicyclic amines) is 1. The van der Waals surface area contributed by atoms with Crippen LogP contribution in [0.15, 0.2) is 121 Å². The third kappa shape index (κ3) is 5.61. The van der Waals surface area contributed by atoms with E-state index in [1.54, 1.807) is 14.2 Å². The second kappa shape index (κ2) is 12.7. The van der Waals surface area contributed by atoms with E-state index in [0.29, 0.717) is 24.5 Å². The third-order valence-corrected chi connectivity index (χ3v) is 8.50. The minimum absolute atomic E-state index is 0.0450. The topological polar surface area (TPSA) is 48.0 Å². The lowest BCUT2D eigenvalue weighted by Crippen LogP contribution is -2.42. The molecule has 1 unspecified atom stereocenters. The molecule has 5 nitrogen and oxygen atoms in total. The van der Waals surface area contributed by atoms with E-state index in [9.17, 15) is 4.79 Å². The molecule has 5 aromatic rings. The summed E-state index contributed by atoms with van der Waals surface area (Å²) in [4.78, 5) is 15.7. The Morgan fingerprint density at radius 2 is 1.44 bits per heavy atom. The van der Waals surface area contributed by atoms with E-state index < -0.39 is 5.60 Å². The number of methoxy groups -OCH3 is 2. The first kappa shape index (κ1) is 28.5. The highest BCUT2D eigenvalue weighted by Crippen LogP contribution is 2.47. The zero-order valence-electron chi connectivity index (χ0n) is 24.7. The summed E-state index contributed by atoms with van der Waals surface area (Å²) in [6.07, 6.45) is 2.20. The van der Waals surface area contributed by atoms with Gasteiger partial charge in [0.1, 0.15) is 5.60 Å². The van der Waals surface area contributed by atoms with E-state index in [1.165, 1.54) is 5.39 Å². The highest BCUT2D eigenvalue weighted by molar-refractivity contribution is 5.85. The van der Waals surface area contributed by atoms with Crippen molar-refractivity contribution in [1.29, 1.82) is 0 Å². The predicted octanol–water partition coefficient (Wildman–Crippen LogP) is 7.40. The van der Waals surface area contributed by atoms with Crippen molar-refractivity contribution >= 4 is 16.7 Å². The average molecular weight is 572 g/mol. The maximum absolute atomic E-state index is 13.7. The normalized spacial score (nSPS) is 15.0. The number of benzene rings is 5. The van der Waals surface area contributed by atoms with Gasteiger partial charge in [0, 0.05) is 12.1 Å². The molecule has 1 amide bonds. The molecule has 5 aromatic carbocycles. The van der Waals surface area contributed by atoms with Crippen LogP contribution < -0.4 is 9.47 Å². The van der Waals surface area contributed by atoms with E-state index in [-0.39, 0.29) is 11.9 Å². The van der Waals surface area contributed by atoms with Gasteiger partial charge in [-0.1, -0.05) is 115 Å². The van der Waals surface area contributed by atoms with Gasteiger partial charge in [0.25, 0.3) is 0 Å². The molecule has 0 saturated carbocycles. The van der Waals surface area contributed by atoms with Crippen molar-refractivity contribution in [3.05, 3.63) is 144 Å². The molecule has 5 heteroatoms. The number of nitrogens with zero attached hydrogens (tertiary/aromatic N) is 1. The van der Waals surface area contributed by atoms with Crippen LogP contribution in [0.2, 0.25) is 0 Å². The number of para-hydroxylation sites is 1. The smallest absolute Gasteiger partial charge is 0.227 e. The van der Waals surface area contributed by atoms with Gasteiger partial charge >= 0.3 is 0 Å². The fourth-order valence-corrected chi connectivity index (χ4v) is 6.42. The molecule has 1 fully saturated rings. The standard InChI is InChI=1S/C38H37NO4/c1-41-35-21-11-20-34(37(35)42-2)38(31-15-5-3-6-16-31,32-17-7-4-8-18-32)43-27-33-19-12-24-39(33)36(40)26-28-22-23-29-13-9-10-14-30(29)25-28/h3-11,13-18,20-23,25,33H,12,19,24,26-27H2,1-2H3. The Hall–Kier alpha value is -4.61. The molecule has 1 aliphatic heterocycles. The van der Waals surface area contributed by atoms with E-state index >= 15 is 0 Å². The van der Waals surface area contributed by atoms with Gasteiger partial charge in [-0.2, -0.15) is 0 Å². The summed E-state index contributed by atoms with van der Waals surface area (Å²) in [7, 11) is 3.30. The molecule has 0 bridgehead atoms. The number of hydrogen-bond acceptors (Lipinski definition) is 4. The number of carbonyl (C=O) groups is 1. The molecule has 1 atom stereocenters. The second-order valence-electron chi connectivity index (χ2n) is 11.0. The predicted molar refractivity (Wildman–Crippen MR) is 171 cm³/mol. The molecule has 1 heterocycles. The van der Waals surface area contributed by atoms with Crippen LogP contribution in [0.25, 0.3) is 10.8 Å². The summed E-state index contributed by atoms with van der Waals surface area (Å²) >= 11 is 0. The number of amides is 1. The quantitative estimate of drug-likeness (QED) is 0.164. The Kier molecular flexibility index (Phi) is 8.43. The van der Waals surface area contributed by atoms with Crippen molar-refractivity contribution < 1.29 is 19.0 Å². The summed E-state index contributed by atoms with van der Waals surface area (Å²) in [5, 5.41) is 2.33. The second-order valence-corrected chi connectivity index (χ2v) is 11.0. The summed E-state index contributed by atoms with van der Waals surface area (Å²) in [6.45, 7) is 1.10. The molecule has 0 aliphatic carbocycles. The summed E-state index contributed by atoms with van der Waals surface area (Å²) in [5.41, 5.74) is 2.82. The summed E-state index contributed by atoms with van der Waals surface area (Å²) < 4.78 is 18.9. The Balaban J connectivity index is 1.35. The van der Waals surface area contributed by atoms with Crippen LogP contribution in [-0.4, -0.2) is 44.2 Å². The number of rotatable bonds is 10.